The van der Waals surface area contributed by atoms with Crippen LogP contribution in [0.5, 0.6) is 0 Å². The van der Waals surface area contributed by atoms with E-state index in [1.54, 1.807) is 14.0 Å². The predicted octanol–water partition coefficient (Wildman–Crippen LogP) is 3.77. The van der Waals surface area contributed by atoms with Gasteiger partial charge in [0.1, 0.15) is 0 Å². The van der Waals surface area contributed by atoms with E-state index in [0.717, 1.165) is 26.2 Å². The first-order valence-electron chi connectivity index (χ1n) is 9.63. The highest BCUT2D eigenvalue weighted by Gasteiger charge is 2.36. The smallest absolute Gasteiger partial charge is 0.219 e. The molecule has 4 nitrogen and oxygen atoms in total. The molecule has 0 aliphatic carbocycles. The van der Waals surface area contributed by atoms with E-state index in [1.807, 2.05) is 16.2 Å². The molecule has 0 saturated carbocycles. The van der Waals surface area contributed by atoms with Crippen molar-refractivity contribution in [1.82, 2.24) is 9.80 Å². The second-order valence-electron chi connectivity index (χ2n) is 7.45. The van der Waals surface area contributed by atoms with Gasteiger partial charge in [0.05, 0.1) is 6.61 Å². The molecule has 1 amide bonds. The summed E-state index contributed by atoms with van der Waals surface area (Å²) in [5.74, 6) is 1.02. The van der Waals surface area contributed by atoms with E-state index in [4.69, 9.17) is 4.74 Å². The lowest BCUT2D eigenvalue weighted by Gasteiger charge is -2.28. The fraction of sp³-hybridized carbons (Fsp3) is 0.500. The standard InChI is InChI=1S/C22H30N2O2S/c1-17-7-4-5-9-21(17)22-16-23(15-20-8-6-12-27-20)13-19(22)14-24(18(2)25)10-11-26-3/h4-9,12,19,22H,10-11,13-16H2,1-3H3/t19-,22-/m0/s1. The molecule has 0 bridgehead atoms. The Morgan fingerprint density at radius 3 is 2.74 bits per heavy atom. The van der Waals surface area contributed by atoms with Gasteiger partial charge in [-0.25, -0.2) is 0 Å². The van der Waals surface area contributed by atoms with Crippen LogP contribution in [-0.2, 0) is 16.1 Å². The molecule has 2 atom stereocenters. The van der Waals surface area contributed by atoms with Crippen molar-refractivity contribution in [3.63, 3.8) is 0 Å². The molecule has 0 N–H and O–H groups in total. The van der Waals surface area contributed by atoms with Crippen LogP contribution in [0.25, 0.3) is 0 Å². The van der Waals surface area contributed by atoms with Crippen LogP contribution in [0.1, 0.15) is 28.8 Å². The summed E-state index contributed by atoms with van der Waals surface area (Å²) in [6, 6.07) is 13.0. The number of likely N-dealkylation sites (tertiary alicyclic amines) is 1. The fourth-order valence-electron chi connectivity index (χ4n) is 4.11. The van der Waals surface area contributed by atoms with Crippen LogP contribution >= 0.6 is 11.3 Å². The summed E-state index contributed by atoms with van der Waals surface area (Å²) in [5, 5.41) is 2.14. The van der Waals surface area contributed by atoms with Gasteiger partial charge in [0.15, 0.2) is 0 Å². The highest BCUT2D eigenvalue weighted by molar-refractivity contribution is 7.09. The maximum Gasteiger partial charge on any atom is 0.219 e. The van der Waals surface area contributed by atoms with Crippen LogP contribution in [0.3, 0.4) is 0 Å². The zero-order valence-electron chi connectivity index (χ0n) is 16.6. The van der Waals surface area contributed by atoms with Crippen molar-refractivity contribution in [3.05, 3.63) is 57.8 Å². The summed E-state index contributed by atoms with van der Waals surface area (Å²) in [7, 11) is 1.69. The minimum atomic E-state index is 0.132. The molecular weight excluding hydrogens is 356 g/mol. The maximum atomic E-state index is 12.1. The van der Waals surface area contributed by atoms with Gasteiger partial charge in [-0.05, 0) is 35.4 Å². The van der Waals surface area contributed by atoms with E-state index in [2.05, 4.69) is 53.6 Å². The van der Waals surface area contributed by atoms with Gasteiger partial charge >= 0.3 is 0 Å². The number of nitrogens with zero attached hydrogens (tertiary/aromatic N) is 2. The largest absolute Gasteiger partial charge is 0.383 e. The number of carbonyl (C=O) groups excluding carboxylic acids is 1. The molecule has 1 saturated heterocycles. The van der Waals surface area contributed by atoms with Gasteiger partial charge in [-0.1, -0.05) is 30.3 Å². The number of aryl methyl sites for hydroxylation is 1. The summed E-state index contributed by atoms with van der Waals surface area (Å²) >= 11 is 1.82. The van der Waals surface area contributed by atoms with Gasteiger partial charge < -0.3 is 9.64 Å². The van der Waals surface area contributed by atoms with Gasteiger partial charge in [0.25, 0.3) is 0 Å². The van der Waals surface area contributed by atoms with Gasteiger partial charge in [-0.15, -0.1) is 11.3 Å². The van der Waals surface area contributed by atoms with E-state index < -0.39 is 0 Å². The second kappa shape index (κ2) is 9.49. The number of amides is 1. The predicted molar refractivity (Wildman–Crippen MR) is 111 cm³/mol. The summed E-state index contributed by atoms with van der Waals surface area (Å²) in [6.45, 7) is 8.96. The van der Waals surface area contributed by atoms with Crippen LogP contribution in [0, 0.1) is 12.8 Å². The minimum absolute atomic E-state index is 0.132. The average Bonchev–Trinajstić information content (AvgIpc) is 3.29. The first kappa shape index (κ1) is 20.1. The van der Waals surface area contributed by atoms with Crippen LogP contribution in [0.4, 0.5) is 0 Å². The van der Waals surface area contributed by atoms with Crippen LogP contribution in [-0.4, -0.2) is 55.6 Å². The number of thiophene rings is 1. The molecule has 1 aromatic carbocycles. The Morgan fingerprint density at radius 2 is 2.07 bits per heavy atom. The Kier molecular flexibility index (Phi) is 7.05. The molecule has 1 aliphatic heterocycles. The van der Waals surface area contributed by atoms with E-state index in [-0.39, 0.29) is 5.91 Å². The monoisotopic (exact) mass is 386 g/mol. The normalized spacial score (nSPS) is 20.1. The third kappa shape index (κ3) is 5.18. The highest BCUT2D eigenvalue weighted by Crippen LogP contribution is 2.36. The summed E-state index contributed by atoms with van der Waals surface area (Å²) in [5.41, 5.74) is 2.77. The molecule has 0 unspecified atom stereocenters. The number of carbonyl (C=O) groups is 1. The van der Waals surface area contributed by atoms with Crippen molar-refractivity contribution in [2.45, 2.75) is 26.3 Å². The summed E-state index contributed by atoms with van der Waals surface area (Å²) in [6.07, 6.45) is 0. The van der Waals surface area contributed by atoms with E-state index in [9.17, 15) is 4.79 Å². The number of hydrogen-bond donors (Lipinski definition) is 0. The minimum Gasteiger partial charge on any atom is -0.383 e. The SMILES string of the molecule is COCCN(C[C@@H]1CN(Cc2cccs2)C[C@@H]1c1ccccc1C)C(C)=O. The topological polar surface area (TPSA) is 32.8 Å². The number of hydrogen-bond acceptors (Lipinski definition) is 4. The van der Waals surface area contributed by atoms with Crippen molar-refractivity contribution >= 4 is 17.2 Å². The van der Waals surface area contributed by atoms with E-state index in [1.165, 1.54) is 16.0 Å². The Morgan fingerprint density at radius 1 is 1.26 bits per heavy atom. The van der Waals surface area contributed by atoms with E-state index >= 15 is 0 Å². The number of rotatable bonds is 8. The van der Waals surface area contributed by atoms with Crippen LogP contribution in [0.15, 0.2) is 41.8 Å². The summed E-state index contributed by atoms with van der Waals surface area (Å²) in [4.78, 5) is 18.0. The number of methoxy groups -OCH3 is 1. The lowest BCUT2D eigenvalue weighted by atomic mass is 9.86. The highest BCUT2D eigenvalue weighted by atomic mass is 32.1. The van der Waals surface area contributed by atoms with Gasteiger partial charge in [-0.3, -0.25) is 9.69 Å². The zero-order chi connectivity index (χ0) is 19.2. The number of benzene rings is 1. The molecule has 2 heterocycles. The van der Waals surface area contributed by atoms with Gasteiger partial charge in [0, 0.05) is 57.6 Å². The molecule has 27 heavy (non-hydrogen) atoms. The molecule has 0 spiro atoms. The van der Waals surface area contributed by atoms with Crippen LogP contribution < -0.4 is 0 Å². The quantitative estimate of drug-likeness (QED) is 0.692. The molecule has 146 valence electrons. The molecule has 1 fully saturated rings. The zero-order valence-corrected chi connectivity index (χ0v) is 17.4. The molecule has 1 aromatic heterocycles. The maximum absolute atomic E-state index is 12.1. The third-order valence-corrected chi connectivity index (χ3v) is 6.39. The van der Waals surface area contributed by atoms with Crippen molar-refractivity contribution < 1.29 is 9.53 Å². The molecule has 0 radical (unpaired) electrons. The Labute approximate surface area is 166 Å². The molecule has 3 rings (SSSR count). The molecular formula is C22H30N2O2S. The summed E-state index contributed by atoms with van der Waals surface area (Å²) < 4.78 is 5.21. The molecule has 5 heteroatoms. The van der Waals surface area contributed by atoms with E-state index in [0.29, 0.717) is 25.0 Å². The molecule has 2 aromatic rings. The lowest BCUT2D eigenvalue weighted by Crippen LogP contribution is -2.38. The van der Waals surface area contributed by atoms with Crippen molar-refractivity contribution in [1.29, 1.82) is 0 Å². The lowest BCUT2D eigenvalue weighted by molar-refractivity contribution is -0.130. The number of ether oxygens (including phenoxy) is 1. The van der Waals surface area contributed by atoms with Crippen molar-refractivity contribution in [2.75, 3.05) is 39.9 Å². The Bertz CT molecular complexity index is 732. The first-order valence-corrected chi connectivity index (χ1v) is 10.5. The molecule has 1 aliphatic rings. The Hall–Kier alpha value is -1.69. The van der Waals surface area contributed by atoms with Crippen LogP contribution in [0.2, 0.25) is 0 Å². The van der Waals surface area contributed by atoms with Crippen molar-refractivity contribution in [2.24, 2.45) is 5.92 Å². The first-order chi connectivity index (χ1) is 13.1. The average molecular weight is 387 g/mol. The fourth-order valence-corrected chi connectivity index (χ4v) is 4.86. The van der Waals surface area contributed by atoms with Gasteiger partial charge in [0.2, 0.25) is 5.91 Å². The van der Waals surface area contributed by atoms with Gasteiger partial charge in [-0.2, -0.15) is 0 Å². The van der Waals surface area contributed by atoms with Crippen molar-refractivity contribution in [3.8, 4) is 0 Å². The third-order valence-electron chi connectivity index (χ3n) is 5.53. The Balaban J connectivity index is 1.78. The second-order valence-corrected chi connectivity index (χ2v) is 8.49.